The topological polar surface area (TPSA) is 86.7 Å². The fraction of sp³-hybridized carbons (Fsp3) is 0.182. The summed E-state index contributed by atoms with van der Waals surface area (Å²) in [5.74, 6) is 0.651. The summed E-state index contributed by atoms with van der Waals surface area (Å²) in [5.41, 5.74) is 2.06. The lowest BCUT2D eigenvalue weighted by Crippen LogP contribution is -2.29. The number of likely N-dealkylation sites (N-methyl/N-ethyl adjacent to an activating group) is 1. The molecule has 2 aromatic rings. The highest BCUT2D eigenvalue weighted by Crippen LogP contribution is 2.23. The van der Waals surface area contributed by atoms with Gasteiger partial charge in [-0.05, 0) is 30.7 Å². The Labute approximate surface area is 174 Å². The maximum Gasteiger partial charge on any atom is 0.330 e. The number of nitrogens with zero attached hydrogens (tertiary/aromatic N) is 4. The van der Waals surface area contributed by atoms with Gasteiger partial charge >= 0.3 is 6.01 Å². The molecule has 0 bridgehead atoms. The molecule has 0 aromatic carbocycles. The average Bonchev–Trinajstić information content (AvgIpc) is 2.99. The summed E-state index contributed by atoms with van der Waals surface area (Å²) in [5, 5.41) is 0. The summed E-state index contributed by atoms with van der Waals surface area (Å²) in [6.45, 7) is 6.32. The van der Waals surface area contributed by atoms with Crippen molar-refractivity contribution in [3.63, 3.8) is 0 Å². The molecule has 154 valence electrons. The lowest BCUT2D eigenvalue weighted by molar-refractivity contribution is 0.0817. The number of rotatable bonds is 7. The maximum atomic E-state index is 13.0. The molecule has 0 fully saturated rings. The number of pyridine rings is 1. The first-order valence-corrected chi connectivity index (χ1v) is 9.22. The average molecular weight is 406 g/mol. The number of methoxy groups -OCH3 is 2. The van der Waals surface area contributed by atoms with Crippen LogP contribution in [0.15, 0.2) is 72.6 Å². The summed E-state index contributed by atoms with van der Waals surface area (Å²) < 4.78 is 15.8. The Kier molecular flexibility index (Phi) is 6.59. The molecule has 1 aliphatic carbocycles. The normalized spacial score (nSPS) is 12.8. The first-order chi connectivity index (χ1) is 14.5. The van der Waals surface area contributed by atoms with Crippen molar-refractivity contribution < 1.29 is 19.0 Å². The predicted molar refractivity (Wildman–Crippen MR) is 112 cm³/mol. The monoisotopic (exact) mass is 406 g/mol. The van der Waals surface area contributed by atoms with E-state index in [1.807, 2.05) is 37.3 Å². The van der Waals surface area contributed by atoms with Crippen LogP contribution in [-0.2, 0) is 0 Å². The van der Waals surface area contributed by atoms with Gasteiger partial charge in [0.2, 0.25) is 17.6 Å². The van der Waals surface area contributed by atoms with Crippen molar-refractivity contribution in [2.45, 2.75) is 6.92 Å². The molecule has 0 saturated heterocycles. The van der Waals surface area contributed by atoms with Gasteiger partial charge in [0, 0.05) is 24.5 Å². The van der Waals surface area contributed by atoms with Crippen LogP contribution in [0.4, 0.5) is 0 Å². The molecule has 8 nitrogen and oxygen atoms in total. The zero-order chi connectivity index (χ0) is 21.5. The largest absolute Gasteiger partial charge is 0.481 e. The van der Waals surface area contributed by atoms with E-state index < -0.39 is 0 Å². The van der Waals surface area contributed by atoms with Crippen LogP contribution in [0, 0.1) is 0 Å². The minimum absolute atomic E-state index is 0.0220. The van der Waals surface area contributed by atoms with Gasteiger partial charge in [-0.3, -0.25) is 4.79 Å². The Morgan fingerprint density at radius 1 is 1.07 bits per heavy atom. The number of aromatic nitrogens is 3. The van der Waals surface area contributed by atoms with Crippen LogP contribution in [0.3, 0.4) is 0 Å². The summed E-state index contributed by atoms with van der Waals surface area (Å²) in [4.78, 5) is 27.0. The molecule has 0 unspecified atom stereocenters. The second-order valence-corrected chi connectivity index (χ2v) is 6.13. The number of carbonyl (C=O) groups is 1. The molecule has 30 heavy (non-hydrogen) atoms. The van der Waals surface area contributed by atoms with Crippen LogP contribution < -0.4 is 14.2 Å². The number of hydrogen-bond acceptors (Lipinski definition) is 7. The van der Waals surface area contributed by atoms with Gasteiger partial charge in [-0.25, -0.2) is 4.98 Å². The minimum Gasteiger partial charge on any atom is -0.481 e. The van der Waals surface area contributed by atoms with Gasteiger partial charge in [0.05, 0.1) is 25.8 Å². The van der Waals surface area contributed by atoms with Crippen molar-refractivity contribution in [2.24, 2.45) is 0 Å². The molecule has 0 saturated carbocycles. The van der Waals surface area contributed by atoms with Crippen molar-refractivity contribution in [3.8, 4) is 23.7 Å². The van der Waals surface area contributed by atoms with Gasteiger partial charge in [-0.15, -0.1) is 0 Å². The Morgan fingerprint density at radius 3 is 2.40 bits per heavy atom. The van der Waals surface area contributed by atoms with E-state index in [1.165, 1.54) is 26.5 Å². The van der Waals surface area contributed by atoms with E-state index in [1.54, 1.807) is 17.0 Å². The van der Waals surface area contributed by atoms with Gasteiger partial charge in [0.15, 0.2) is 0 Å². The van der Waals surface area contributed by atoms with E-state index in [2.05, 4.69) is 21.5 Å². The molecular formula is C22H22N4O4. The predicted octanol–water partition coefficient (Wildman–Crippen LogP) is 3.71. The summed E-state index contributed by atoms with van der Waals surface area (Å²) in [7, 11) is 2.96. The van der Waals surface area contributed by atoms with Gasteiger partial charge in [0.1, 0.15) is 0 Å². The highest BCUT2D eigenvalue weighted by Gasteiger charge is 2.18. The number of ether oxygens (including phenoxy) is 3. The zero-order valence-electron chi connectivity index (χ0n) is 17.0. The fourth-order valence-corrected chi connectivity index (χ4v) is 2.65. The first-order valence-electron chi connectivity index (χ1n) is 9.22. The van der Waals surface area contributed by atoms with E-state index >= 15 is 0 Å². The quantitative estimate of drug-likeness (QED) is 0.693. The van der Waals surface area contributed by atoms with E-state index in [0.29, 0.717) is 23.9 Å². The molecule has 0 atom stereocenters. The summed E-state index contributed by atoms with van der Waals surface area (Å²) in [6.07, 6.45) is 10.8. The van der Waals surface area contributed by atoms with Crippen molar-refractivity contribution in [1.29, 1.82) is 0 Å². The second kappa shape index (κ2) is 9.51. The molecule has 0 radical (unpaired) electrons. The molecule has 0 aliphatic heterocycles. The Morgan fingerprint density at radius 2 is 1.80 bits per heavy atom. The first kappa shape index (κ1) is 20.8. The van der Waals surface area contributed by atoms with Crippen LogP contribution >= 0.6 is 0 Å². The number of amides is 1. The van der Waals surface area contributed by atoms with E-state index in [4.69, 9.17) is 14.2 Å². The van der Waals surface area contributed by atoms with Gasteiger partial charge in [-0.2, -0.15) is 9.97 Å². The van der Waals surface area contributed by atoms with Crippen LogP contribution in [-0.4, -0.2) is 46.5 Å². The Balaban J connectivity index is 1.77. The minimum atomic E-state index is -0.173. The lowest BCUT2D eigenvalue weighted by Gasteiger charge is -2.21. The molecule has 2 heterocycles. The van der Waals surface area contributed by atoms with E-state index in [-0.39, 0.29) is 17.8 Å². The van der Waals surface area contributed by atoms with E-state index in [0.717, 1.165) is 11.3 Å². The van der Waals surface area contributed by atoms with Gasteiger partial charge in [-0.1, -0.05) is 24.8 Å². The number of hydrogen-bond donors (Lipinski definition) is 0. The van der Waals surface area contributed by atoms with Crippen LogP contribution in [0.1, 0.15) is 17.3 Å². The molecule has 1 amide bonds. The highest BCUT2D eigenvalue weighted by molar-refractivity contribution is 5.95. The van der Waals surface area contributed by atoms with Crippen molar-refractivity contribution in [2.75, 3.05) is 20.8 Å². The van der Waals surface area contributed by atoms with Crippen molar-refractivity contribution in [3.05, 3.63) is 78.2 Å². The van der Waals surface area contributed by atoms with Crippen LogP contribution in [0.5, 0.6) is 23.7 Å². The standard InChI is InChI=1S/C22H22N4O4/c1-5-26(17-8-6-7-15(2)9-11-17)21(27)16-10-12-18(23-14-16)30-22-24-19(28-3)13-20(25-22)29-4/h6-14H,2,5H2,1,3-4H3. The molecule has 8 heteroatoms. The molecule has 1 aliphatic rings. The molecule has 2 aromatic heterocycles. The smallest absolute Gasteiger partial charge is 0.330 e. The molecular weight excluding hydrogens is 384 g/mol. The molecule has 0 N–H and O–H groups in total. The Hall–Kier alpha value is -3.94. The van der Waals surface area contributed by atoms with Gasteiger partial charge in [0.25, 0.3) is 5.91 Å². The Bertz CT molecular complexity index is 1000. The summed E-state index contributed by atoms with van der Waals surface area (Å²) in [6, 6.07) is 4.77. The SMILES string of the molecule is C=C1C=CC=C(N(CC)C(=O)c2ccc(Oc3nc(OC)cc(OC)n3)nc2)C=C1. The maximum absolute atomic E-state index is 13.0. The number of carbonyl (C=O) groups excluding carboxylic acids is 1. The van der Waals surface area contributed by atoms with Crippen molar-refractivity contribution in [1.82, 2.24) is 19.9 Å². The molecule has 3 rings (SSSR count). The number of allylic oxidation sites excluding steroid dienone is 6. The second-order valence-electron chi connectivity index (χ2n) is 6.13. The third kappa shape index (κ3) is 4.91. The van der Waals surface area contributed by atoms with E-state index in [9.17, 15) is 4.79 Å². The third-order valence-electron chi connectivity index (χ3n) is 4.17. The van der Waals surface area contributed by atoms with Crippen molar-refractivity contribution >= 4 is 5.91 Å². The zero-order valence-corrected chi connectivity index (χ0v) is 17.0. The van der Waals surface area contributed by atoms with Crippen LogP contribution in [0.2, 0.25) is 0 Å². The summed E-state index contributed by atoms with van der Waals surface area (Å²) >= 11 is 0. The fourth-order valence-electron chi connectivity index (χ4n) is 2.65. The third-order valence-corrected chi connectivity index (χ3v) is 4.17. The van der Waals surface area contributed by atoms with Gasteiger partial charge < -0.3 is 19.1 Å². The lowest BCUT2D eigenvalue weighted by atomic mass is 10.2. The highest BCUT2D eigenvalue weighted by atomic mass is 16.5. The van der Waals surface area contributed by atoms with Crippen LogP contribution in [0.25, 0.3) is 0 Å². The molecule has 0 spiro atoms.